The molecule has 7 aromatic rings. The van der Waals surface area contributed by atoms with Gasteiger partial charge in [0.05, 0.1) is 23.9 Å². The van der Waals surface area contributed by atoms with Crippen molar-refractivity contribution in [1.82, 2.24) is 0 Å². The number of anilines is 3. The number of hydrogen-bond acceptors (Lipinski definition) is 4. The standard InChI is InChI=1S/C41H27N3O/c1-45-33-22-20-32(21-23-33)44(41-12-6-8-30-7-2-3-9-34(30)41)31-18-15-28(16-19-31)13-14-29-17-24-37-38(25-29)40(27-43)36-11-5-4-10-35(36)39(37)26-42/h2-25H,1H3/b14-13+. The predicted octanol–water partition coefficient (Wildman–Crippen LogP) is 10.5. The molecule has 0 heterocycles. The van der Waals surface area contributed by atoms with Crippen molar-refractivity contribution in [1.29, 1.82) is 10.5 Å². The maximum Gasteiger partial charge on any atom is 0.119 e. The molecule has 45 heavy (non-hydrogen) atoms. The van der Waals surface area contributed by atoms with Crippen LogP contribution in [0.1, 0.15) is 22.3 Å². The highest BCUT2D eigenvalue weighted by molar-refractivity contribution is 6.10. The molecule has 7 aromatic carbocycles. The van der Waals surface area contributed by atoms with Crippen molar-refractivity contribution in [2.45, 2.75) is 0 Å². The summed E-state index contributed by atoms with van der Waals surface area (Å²) in [4.78, 5) is 2.26. The van der Waals surface area contributed by atoms with Gasteiger partial charge in [-0.2, -0.15) is 10.5 Å². The summed E-state index contributed by atoms with van der Waals surface area (Å²) < 4.78 is 5.42. The van der Waals surface area contributed by atoms with Gasteiger partial charge in [0.15, 0.2) is 0 Å². The highest BCUT2D eigenvalue weighted by atomic mass is 16.5. The number of hydrogen-bond donors (Lipinski definition) is 0. The Morgan fingerprint density at radius 3 is 1.73 bits per heavy atom. The van der Waals surface area contributed by atoms with E-state index in [1.165, 1.54) is 10.8 Å². The van der Waals surface area contributed by atoms with Crippen LogP contribution in [-0.2, 0) is 0 Å². The third-order valence-electron chi connectivity index (χ3n) is 8.23. The van der Waals surface area contributed by atoms with Gasteiger partial charge in [0, 0.05) is 38.3 Å². The van der Waals surface area contributed by atoms with Crippen molar-refractivity contribution in [2.75, 3.05) is 12.0 Å². The normalized spacial score (nSPS) is 11.1. The van der Waals surface area contributed by atoms with E-state index in [1.807, 2.05) is 60.7 Å². The van der Waals surface area contributed by atoms with Gasteiger partial charge in [-0.05, 0) is 65.0 Å². The molecular weight excluding hydrogens is 550 g/mol. The number of nitriles is 2. The van der Waals surface area contributed by atoms with Gasteiger partial charge in [-0.25, -0.2) is 0 Å². The van der Waals surface area contributed by atoms with E-state index in [1.54, 1.807) is 7.11 Å². The molecule has 0 fully saturated rings. The zero-order valence-corrected chi connectivity index (χ0v) is 24.6. The van der Waals surface area contributed by atoms with Gasteiger partial charge >= 0.3 is 0 Å². The lowest BCUT2D eigenvalue weighted by molar-refractivity contribution is 0.415. The lowest BCUT2D eigenvalue weighted by atomic mass is 9.91. The molecule has 0 N–H and O–H groups in total. The van der Waals surface area contributed by atoms with Crippen molar-refractivity contribution in [3.8, 4) is 17.9 Å². The van der Waals surface area contributed by atoms with Crippen LogP contribution in [0.25, 0.3) is 44.5 Å². The van der Waals surface area contributed by atoms with Crippen LogP contribution in [-0.4, -0.2) is 7.11 Å². The fourth-order valence-electron chi connectivity index (χ4n) is 6.03. The van der Waals surface area contributed by atoms with Crippen molar-refractivity contribution >= 4 is 61.5 Å². The monoisotopic (exact) mass is 577 g/mol. The van der Waals surface area contributed by atoms with Crippen molar-refractivity contribution in [2.24, 2.45) is 0 Å². The Kier molecular flexibility index (Phi) is 7.16. The van der Waals surface area contributed by atoms with Crippen LogP contribution < -0.4 is 9.64 Å². The van der Waals surface area contributed by atoms with Gasteiger partial charge in [-0.1, -0.05) is 97.1 Å². The average molecular weight is 578 g/mol. The highest BCUT2D eigenvalue weighted by Crippen LogP contribution is 2.39. The number of methoxy groups -OCH3 is 1. The molecule has 4 heteroatoms. The summed E-state index contributed by atoms with van der Waals surface area (Å²) in [6.07, 6.45) is 4.11. The van der Waals surface area contributed by atoms with E-state index < -0.39 is 0 Å². The molecule has 0 saturated carbocycles. The largest absolute Gasteiger partial charge is 0.497 e. The molecule has 212 valence electrons. The van der Waals surface area contributed by atoms with E-state index in [0.717, 1.165) is 55.5 Å². The van der Waals surface area contributed by atoms with E-state index in [-0.39, 0.29) is 0 Å². The first-order valence-corrected chi connectivity index (χ1v) is 14.7. The van der Waals surface area contributed by atoms with Crippen LogP contribution in [0.5, 0.6) is 5.75 Å². The smallest absolute Gasteiger partial charge is 0.119 e. The summed E-state index contributed by atoms with van der Waals surface area (Å²) >= 11 is 0. The Balaban J connectivity index is 1.26. The van der Waals surface area contributed by atoms with E-state index in [0.29, 0.717) is 11.1 Å². The second-order valence-corrected chi connectivity index (χ2v) is 10.8. The zero-order valence-electron chi connectivity index (χ0n) is 24.6. The third-order valence-corrected chi connectivity index (χ3v) is 8.23. The Bertz CT molecular complexity index is 2320. The van der Waals surface area contributed by atoms with Crippen molar-refractivity contribution in [3.63, 3.8) is 0 Å². The first kappa shape index (κ1) is 27.5. The van der Waals surface area contributed by atoms with Gasteiger partial charge in [0.2, 0.25) is 0 Å². The molecule has 0 aliphatic rings. The SMILES string of the molecule is COc1ccc(N(c2ccc(/C=C/c3ccc4c(C#N)c5ccccc5c(C#N)c4c3)cc2)c2cccc3ccccc23)cc1. The molecule has 0 bridgehead atoms. The van der Waals surface area contributed by atoms with Crippen LogP contribution >= 0.6 is 0 Å². The quantitative estimate of drug-likeness (QED) is 0.146. The van der Waals surface area contributed by atoms with Crippen molar-refractivity contribution < 1.29 is 4.74 Å². The van der Waals surface area contributed by atoms with Crippen LogP contribution in [0.15, 0.2) is 133 Å². The van der Waals surface area contributed by atoms with Gasteiger partial charge in [-0.3, -0.25) is 0 Å². The summed E-state index contributed by atoms with van der Waals surface area (Å²) in [5, 5.41) is 25.5. The maximum atomic E-state index is 10.1. The van der Waals surface area contributed by atoms with Crippen molar-refractivity contribution in [3.05, 3.63) is 156 Å². The molecule has 0 unspecified atom stereocenters. The molecular formula is C41H27N3O. The van der Waals surface area contributed by atoms with E-state index in [9.17, 15) is 10.5 Å². The van der Waals surface area contributed by atoms with Crippen LogP contribution in [0.2, 0.25) is 0 Å². The molecule has 0 radical (unpaired) electrons. The molecule has 0 aliphatic carbocycles. The van der Waals surface area contributed by atoms with E-state index >= 15 is 0 Å². The average Bonchev–Trinajstić information content (AvgIpc) is 3.10. The maximum absolute atomic E-state index is 10.1. The summed E-state index contributed by atoms with van der Waals surface area (Å²) in [6, 6.07) is 49.7. The predicted molar refractivity (Wildman–Crippen MR) is 185 cm³/mol. The van der Waals surface area contributed by atoms with E-state index in [4.69, 9.17) is 4.74 Å². The summed E-state index contributed by atoms with van der Waals surface area (Å²) in [6.45, 7) is 0. The first-order chi connectivity index (χ1) is 22.2. The minimum atomic E-state index is 0.589. The Morgan fingerprint density at radius 2 is 1.07 bits per heavy atom. The van der Waals surface area contributed by atoms with Gasteiger partial charge in [-0.15, -0.1) is 0 Å². The number of rotatable bonds is 6. The summed E-state index contributed by atoms with van der Waals surface area (Å²) in [5.41, 5.74) is 6.35. The summed E-state index contributed by atoms with van der Waals surface area (Å²) in [5.74, 6) is 0.810. The topological polar surface area (TPSA) is 60.0 Å². The molecule has 0 amide bonds. The molecule has 4 nitrogen and oxygen atoms in total. The lowest BCUT2D eigenvalue weighted by Crippen LogP contribution is -2.10. The highest BCUT2D eigenvalue weighted by Gasteiger charge is 2.16. The molecule has 0 atom stereocenters. The Morgan fingerprint density at radius 1 is 0.533 bits per heavy atom. The zero-order chi connectivity index (χ0) is 30.8. The lowest BCUT2D eigenvalue weighted by Gasteiger charge is -2.27. The van der Waals surface area contributed by atoms with E-state index in [2.05, 4.69) is 102 Å². The minimum Gasteiger partial charge on any atom is -0.497 e. The van der Waals surface area contributed by atoms with Crippen LogP contribution in [0.4, 0.5) is 17.1 Å². The van der Waals surface area contributed by atoms with Crippen LogP contribution in [0.3, 0.4) is 0 Å². The fraction of sp³-hybridized carbons (Fsp3) is 0.0244. The first-order valence-electron chi connectivity index (χ1n) is 14.7. The van der Waals surface area contributed by atoms with Gasteiger partial charge in [0.25, 0.3) is 0 Å². The fourth-order valence-corrected chi connectivity index (χ4v) is 6.03. The van der Waals surface area contributed by atoms with Gasteiger partial charge < -0.3 is 9.64 Å². The molecule has 7 rings (SSSR count). The Hall–Kier alpha value is -6.36. The van der Waals surface area contributed by atoms with Gasteiger partial charge in [0.1, 0.15) is 17.9 Å². The second-order valence-electron chi connectivity index (χ2n) is 10.8. The third kappa shape index (κ3) is 5.01. The number of nitrogens with zero attached hydrogens (tertiary/aromatic N) is 3. The summed E-state index contributed by atoms with van der Waals surface area (Å²) in [7, 11) is 1.68. The number of ether oxygens (including phenoxy) is 1. The molecule has 0 saturated heterocycles. The second kappa shape index (κ2) is 11.7. The van der Waals surface area contributed by atoms with Crippen LogP contribution in [0, 0.1) is 22.7 Å². The molecule has 0 aliphatic heterocycles. The molecule has 0 aromatic heterocycles. The molecule has 0 spiro atoms. The minimum absolute atomic E-state index is 0.589. The number of benzene rings is 7. The Labute approximate surface area is 261 Å². The number of fused-ring (bicyclic) bond motifs is 3.